The minimum atomic E-state index is -0.246. The van der Waals surface area contributed by atoms with E-state index in [1.54, 1.807) is 0 Å². The molecule has 2 aromatic rings. The average Bonchev–Trinajstić information content (AvgIpc) is 2.66. The zero-order valence-electron chi connectivity index (χ0n) is 11.8. The van der Waals surface area contributed by atoms with Crippen LogP contribution in [0.15, 0.2) is 18.2 Å². The molecule has 3 nitrogen and oxygen atoms in total. The number of benzene rings is 1. The molecule has 0 N–H and O–H groups in total. The van der Waals surface area contributed by atoms with Crippen molar-refractivity contribution >= 4 is 11.0 Å². The highest BCUT2D eigenvalue weighted by Crippen LogP contribution is 2.43. The number of imidazole rings is 1. The summed E-state index contributed by atoms with van der Waals surface area (Å²) in [5.41, 5.74) is 3.07. The first-order valence-electron chi connectivity index (χ1n) is 6.95. The minimum absolute atomic E-state index is 0.246. The van der Waals surface area contributed by atoms with Gasteiger partial charge in [0.25, 0.3) is 0 Å². The molecular formula is C16H19N3. The lowest BCUT2D eigenvalue weighted by atomic mass is 9.65. The third kappa shape index (κ3) is 1.67. The lowest BCUT2D eigenvalue weighted by molar-refractivity contribution is 0.324. The van der Waals surface area contributed by atoms with Crippen LogP contribution < -0.4 is 0 Å². The number of aryl methyl sites for hydroxylation is 1. The molecule has 0 atom stereocenters. The number of aromatic nitrogens is 2. The van der Waals surface area contributed by atoms with Gasteiger partial charge >= 0.3 is 0 Å². The number of nitriles is 1. The van der Waals surface area contributed by atoms with E-state index in [9.17, 15) is 5.26 Å². The molecule has 0 spiro atoms. The van der Waals surface area contributed by atoms with E-state index in [2.05, 4.69) is 49.7 Å². The van der Waals surface area contributed by atoms with Gasteiger partial charge in [-0.15, -0.1) is 0 Å². The molecule has 98 valence electrons. The molecule has 0 saturated heterocycles. The van der Waals surface area contributed by atoms with Crippen LogP contribution in [0.1, 0.15) is 50.4 Å². The van der Waals surface area contributed by atoms with Crippen LogP contribution in [0.4, 0.5) is 0 Å². The van der Waals surface area contributed by atoms with Crippen molar-refractivity contribution in [3.8, 4) is 6.07 Å². The van der Waals surface area contributed by atoms with Gasteiger partial charge in [0.05, 0.1) is 22.5 Å². The summed E-state index contributed by atoms with van der Waals surface area (Å²) in [5.74, 6) is 1.52. The summed E-state index contributed by atoms with van der Waals surface area (Å²) in [6, 6.07) is 8.84. The molecule has 1 heterocycles. The molecule has 1 aromatic heterocycles. The summed E-state index contributed by atoms with van der Waals surface area (Å²) in [7, 11) is 2.06. The van der Waals surface area contributed by atoms with Crippen LogP contribution >= 0.6 is 0 Å². The van der Waals surface area contributed by atoms with Crippen LogP contribution in [-0.2, 0) is 12.5 Å². The molecule has 1 aliphatic rings. The second-order valence-electron chi connectivity index (χ2n) is 5.93. The second kappa shape index (κ2) is 4.09. The van der Waals surface area contributed by atoms with Crippen molar-refractivity contribution in [3.05, 3.63) is 29.6 Å². The van der Waals surface area contributed by atoms with E-state index in [0.717, 1.165) is 41.7 Å². The molecule has 0 radical (unpaired) electrons. The Balaban J connectivity index is 2.14. The summed E-state index contributed by atoms with van der Waals surface area (Å²) < 4.78 is 2.16. The van der Waals surface area contributed by atoms with Crippen molar-refractivity contribution < 1.29 is 0 Å². The van der Waals surface area contributed by atoms with E-state index in [0.29, 0.717) is 5.92 Å². The Morgan fingerprint density at radius 3 is 2.63 bits per heavy atom. The first kappa shape index (κ1) is 12.2. The van der Waals surface area contributed by atoms with Gasteiger partial charge < -0.3 is 4.57 Å². The fraction of sp³-hybridized carbons (Fsp3) is 0.500. The third-order valence-electron chi connectivity index (χ3n) is 4.41. The summed E-state index contributed by atoms with van der Waals surface area (Å²) in [4.78, 5) is 4.73. The van der Waals surface area contributed by atoms with Crippen molar-refractivity contribution in [2.75, 3.05) is 0 Å². The molecule has 1 fully saturated rings. The van der Waals surface area contributed by atoms with Gasteiger partial charge in [-0.1, -0.05) is 19.9 Å². The van der Waals surface area contributed by atoms with Crippen molar-refractivity contribution in [3.63, 3.8) is 0 Å². The van der Waals surface area contributed by atoms with Crippen LogP contribution in [0.25, 0.3) is 11.0 Å². The Kier molecular flexibility index (Phi) is 2.63. The molecule has 0 unspecified atom stereocenters. The minimum Gasteiger partial charge on any atom is -0.331 e. The Labute approximate surface area is 113 Å². The standard InChI is InChI=1S/C16H19N3/c1-11(2)15-18-13-9-12(5-6-14(13)19(15)3)16(10-17)7-4-8-16/h5-6,9,11H,4,7-8H2,1-3H3. The van der Waals surface area contributed by atoms with Gasteiger partial charge in [-0.05, 0) is 37.0 Å². The van der Waals surface area contributed by atoms with Crippen LogP contribution in [0, 0.1) is 11.3 Å². The van der Waals surface area contributed by atoms with Gasteiger partial charge in [0.1, 0.15) is 5.82 Å². The lowest BCUT2D eigenvalue weighted by Crippen LogP contribution is -2.32. The SMILES string of the molecule is CC(C)c1nc2cc(C3(C#N)CCC3)ccc2n1C. The van der Waals surface area contributed by atoms with Gasteiger partial charge in [-0.25, -0.2) is 4.98 Å². The van der Waals surface area contributed by atoms with E-state index in [-0.39, 0.29) is 5.41 Å². The number of fused-ring (bicyclic) bond motifs is 1. The van der Waals surface area contributed by atoms with E-state index >= 15 is 0 Å². The normalized spacial score (nSPS) is 17.4. The molecular weight excluding hydrogens is 234 g/mol. The van der Waals surface area contributed by atoms with Gasteiger partial charge in [0.15, 0.2) is 0 Å². The molecule has 19 heavy (non-hydrogen) atoms. The monoisotopic (exact) mass is 253 g/mol. The summed E-state index contributed by atoms with van der Waals surface area (Å²) in [6.07, 6.45) is 3.13. The van der Waals surface area contributed by atoms with Crippen molar-refractivity contribution in [2.24, 2.45) is 7.05 Å². The molecule has 3 heteroatoms. The van der Waals surface area contributed by atoms with E-state index in [1.807, 2.05) is 0 Å². The van der Waals surface area contributed by atoms with E-state index < -0.39 is 0 Å². The lowest BCUT2D eigenvalue weighted by Gasteiger charge is -2.35. The predicted molar refractivity (Wildman–Crippen MR) is 75.9 cm³/mol. The number of hydrogen-bond donors (Lipinski definition) is 0. The Morgan fingerprint density at radius 2 is 2.11 bits per heavy atom. The zero-order chi connectivity index (χ0) is 13.6. The molecule has 0 bridgehead atoms. The number of rotatable bonds is 2. The third-order valence-corrected chi connectivity index (χ3v) is 4.41. The Bertz CT molecular complexity index is 669. The first-order chi connectivity index (χ1) is 9.07. The maximum atomic E-state index is 9.43. The van der Waals surface area contributed by atoms with Crippen molar-refractivity contribution in [1.29, 1.82) is 5.26 Å². The molecule has 0 aliphatic heterocycles. The number of nitrogens with zero attached hydrogens (tertiary/aromatic N) is 3. The van der Waals surface area contributed by atoms with Gasteiger partial charge in [0.2, 0.25) is 0 Å². The Hall–Kier alpha value is -1.82. The molecule has 1 aromatic carbocycles. The van der Waals surface area contributed by atoms with Crippen molar-refractivity contribution in [1.82, 2.24) is 9.55 Å². The summed E-state index contributed by atoms with van der Waals surface area (Å²) in [6.45, 7) is 4.32. The van der Waals surface area contributed by atoms with Gasteiger partial charge in [-0.3, -0.25) is 0 Å². The Morgan fingerprint density at radius 1 is 1.37 bits per heavy atom. The maximum absolute atomic E-state index is 9.43. The largest absolute Gasteiger partial charge is 0.331 e. The average molecular weight is 253 g/mol. The van der Waals surface area contributed by atoms with Crippen molar-refractivity contribution in [2.45, 2.75) is 44.4 Å². The topological polar surface area (TPSA) is 41.6 Å². The van der Waals surface area contributed by atoms with Crippen LogP contribution in [0.3, 0.4) is 0 Å². The van der Waals surface area contributed by atoms with Crippen LogP contribution in [-0.4, -0.2) is 9.55 Å². The fourth-order valence-corrected chi connectivity index (χ4v) is 3.03. The van der Waals surface area contributed by atoms with Gasteiger partial charge in [-0.2, -0.15) is 5.26 Å². The molecule has 0 amide bonds. The quantitative estimate of drug-likeness (QED) is 0.820. The van der Waals surface area contributed by atoms with Gasteiger partial charge in [0, 0.05) is 13.0 Å². The highest BCUT2D eigenvalue weighted by Gasteiger charge is 2.39. The summed E-state index contributed by atoms with van der Waals surface area (Å²) in [5, 5.41) is 9.43. The van der Waals surface area contributed by atoms with Crippen LogP contribution in [0.5, 0.6) is 0 Å². The van der Waals surface area contributed by atoms with E-state index in [1.165, 1.54) is 0 Å². The fourth-order valence-electron chi connectivity index (χ4n) is 3.03. The van der Waals surface area contributed by atoms with Crippen LogP contribution in [0.2, 0.25) is 0 Å². The zero-order valence-corrected chi connectivity index (χ0v) is 11.8. The predicted octanol–water partition coefficient (Wildman–Crippen LogP) is 3.64. The first-order valence-corrected chi connectivity index (χ1v) is 6.95. The molecule has 1 saturated carbocycles. The molecule has 1 aliphatic carbocycles. The summed E-state index contributed by atoms with van der Waals surface area (Å²) >= 11 is 0. The molecule has 3 rings (SSSR count). The second-order valence-corrected chi connectivity index (χ2v) is 5.93. The smallest absolute Gasteiger partial charge is 0.112 e. The van der Waals surface area contributed by atoms with E-state index in [4.69, 9.17) is 4.98 Å². The highest BCUT2D eigenvalue weighted by molar-refractivity contribution is 5.77. The number of hydrogen-bond acceptors (Lipinski definition) is 2. The maximum Gasteiger partial charge on any atom is 0.112 e. The highest BCUT2D eigenvalue weighted by atomic mass is 15.1.